The van der Waals surface area contributed by atoms with Crippen molar-refractivity contribution in [3.63, 3.8) is 0 Å². The van der Waals surface area contributed by atoms with E-state index in [0.29, 0.717) is 17.1 Å². The minimum absolute atomic E-state index is 0.0955. The molecular weight excluding hydrogens is 422 g/mol. The molecular formula is C26H25NO6. The fourth-order valence-electron chi connectivity index (χ4n) is 4.41. The molecule has 33 heavy (non-hydrogen) atoms. The predicted molar refractivity (Wildman–Crippen MR) is 123 cm³/mol. The summed E-state index contributed by atoms with van der Waals surface area (Å²) in [6.07, 6.45) is -1.07. The number of hydrogen-bond acceptors (Lipinski definition) is 5. The zero-order valence-corrected chi connectivity index (χ0v) is 18.4. The first-order chi connectivity index (χ1) is 16.0. The summed E-state index contributed by atoms with van der Waals surface area (Å²) in [5, 5.41) is 12.1. The van der Waals surface area contributed by atoms with Crippen molar-refractivity contribution in [3.8, 4) is 22.6 Å². The quantitative estimate of drug-likeness (QED) is 0.517. The maximum absolute atomic E-state index is 12.8. The molecule has 170 valence electrons. The number of carboxylic acid groups (broad SMARTS) is 1. The van der Waals surface area contributed by atoms with E-state index in [1.54, 1.807) is 18.2 Å². The van der Waals surface area contributed by atoms with Gasteiger partial charge in [-0.15, -0.1) is 0 Å². The number of rotatable bonds is 8. The van der Waals surface area contributed by atoms with Crippen LogP contribution in [0, 0.1) is 0 Å². The molecule has 0 saturated carbocycles. The van der Waals surface area contributed by atoms with Gasteiger partial charge in [-0.25, -0.2) is 4.79 Å². The van der Waals surface area contributed by atoms with Crippen LogP contribution in [0.1, 0.15) is 35.1 Å². The summed E-state index contributed by atoms with van der Waals surface area (Å²) in [6.45, 7) is 0.128. The SMILES string of the molecule is COc1cccc(OC)c1C(CC(=O)O)NC(=O)OCC1c2ccccc2-c2ccccc21. The number of hydrogen-bond donors (Lipinski definition) is 2. The molecule has 0 radical (unpaired) electrons. The highest BCUT2D eigenvalue weighted by Crippen LogP contribution is 2.44. The lowest BCUT2D eigenvalue weighted by Crippen LogP contribution is -2.32. The van der Waals surface area contributed by atoms with Gasteiger partial charge in [-0.3, -0.25) is 4.79 Å². The van der Waals surface area contributed by atoms with Gasteiger partial charge < -0.3 is 24.6 Å². The Kier molecular flexibility index (Phi) is 6.49. The van der Waals surface area contributed by atoms with E-state index in [1.807, 2.05) is 36.4 Å². The number of amides is 1. The van der Waals surface area contributed by atoms with Crippen LogP contribution in [0.3, 0.4) is 0 Å². The summed E-state index contributed by atoms with van der Waals surface area (Å²) in [4.78, 5) is 24.3. The summed E-state index contributed by atoms with van der Waals surface area (Å²) < 4.78 is 16.4. The van der Waals surface area contributed by atoms with Crippen LogP contribution < -0.4 is 14.8 Å². The third kappa shape index (κ3) is 4.48. The van der Waals surface area contributed by atoms with Crippen molar-refractivity contribution >= 4 is 12.1 Å². The van der Waals surface area contributed by atoms with Crippen molar-refractivity contribution < 1.29 is 28.9 Å². The van der Waals surface area contributed by atoms with E-state index < -0.39 is 18.1 Å². The number of fused-ring (bicyclic) bond motifs is 3. The molecule has 1 aliphatic carbocycles. The topological polar surface area (TPSA) is 94.1 Å². The molecule has 0 aromatic heterocycles. The molecule has 1 unspecified atom stereocenters. The normalized spacial score (nSPS) is 12.9. The minimum Gasteiger partial charge on any atom is -0.496 e. The molecule has 0 aliphatic heterocycles. The average molecular weight is 447 g/mol. The van der Waals surface area contributed by atoms with Crippen molar-refractivity contribution in [1.82, 2.24) is 5.32 Å². The summed E-state index contributed by atoms with van der Waals surface area (Å²) in [5.74, 6) is -0.340. The Bertz CT molecular complexity index is 1110. The first-order valence-corrected chi connectivity index (χ1v) is 10.6. The van der Waals surface area contributed by atoms with Gasteiger partial charge in [-0.2, -0.15) is 0 Å². The Labute approximate surface area is 191 Å². The number of carboxylic acids is 1. The Hall–Kier alpha value is -4.00. The molecule has 0 saturated heterocycles. The second-order valence-electron chi connectivity index (χ2n) is 7.70. The van der Waals surface area contributed by atoms with Gasteiger partial charge in [0.25, 0.3) is 0 Å². The number of nitrogens with one attached hydrogen (secondary N) is 1. The highest BCUT2D eigenvalue weighted by atomic mass is 16.5. The van der Waals surface area contributed by atoms with E-state index in [4.69, 9.17) is 14.2 Å². The number of alkyl carbamates (subject to hydrolysis) is 1. The minimum atomic E-state index is -1.08. The molecule has 0 heterocycles. The molecule has 1 aliphatic rings. The van der Waals surface area contributed by atoms with Gasteiger partial charge in [0.1, 0.15) is 18.1 Å². The fourth-order valence-corrected chi connectivity index (χ4v) is 4.41. The van der Waals surface area contributed by atoms with Crippen molar-refractivity contribution in [2.24, 2.45) is 0 Å². The van der Waals surface area contributed by atoms with Crippen LogP contribution in [0.25, 0.3) is 11.1 Å². The first-order valence-electron chi connectivity index (χ1n) is 10.6. The van der Waals surface area contributed by atoms with E-state index in [2.05, 4.69) is 17.4 Å². The van der Waals surface area contributed by atoms with Gasteiger partial charge in [0, 0.05) is 5.92 Å². The van der Waals surface area contributed by atoms with Crippen LogP contribution in [-0.2, 0) is 9.53 Å². The van der Waals surface area contributed by atoms with Crippen LogP contribution in [0.5, 0.6) is 11.5 Å². The van der Waals surface area contributed by atoms with E-state index in [0.717, 1.165) is 22.3 Å². The monoisotopic (exact) mass is 447 g/mol. The Morgan fingerprint density at radius 3 is 1.94 bits per heavy atom. The zero-order valence-electron chi connectivity index (χ0n) is 18.4. The van der Waals surface area contributed by atoms with Gasteiger partial charge in [-0.1, -0.05) is 54.6 Å². The van der Waals surface area contributed by atoms with Crippen LogP contribution in [0.2, 0.25) is 0 Å². The third-order valence-electron chi connectivity index (χ3n) is 5.83. The van der Waals surface area contributed by atoms with Gasteiger partial charge >= 0.3 is 12.1 Å². The average Bonchev–Trinajstić information content (AvgIpc) is 3.15. The fraction of sp³-hybridized carbons (Fsp3) is 0.231. The predicted octanol–water partition coefficient (Wildman–Crippen LogP) is 4.76. The largest absolute Gasteiger partial charge is 0.496 e. The molecule has 4 rings (SSSR count). The van der Waals surface area contributed by atoms with Crippen molar-refractivity contribution in [1.29, 1.82) is 0 Å². The van der Waals surface area contributed by atoms with Gasteiger partial charge in [0.15, 0.2) is 0 Å². The van der Waals surface area contributed by atoms with Gasteiger partial charge in [-0.05, 0) is 34.4 Å². The number of ether oxygens (including phenoxy) is 3. The molecule has 1 amide bonds. The molecule has 7 nitrogen and oxygen atoms in total. The third-order valence-corrected chi connectivity index (χ3v) is 5.83. The zero-order chi connectivity index (χ0) is 23.4. The smallest absolute Gasteiger partial charge is 0.407 e. The van der Waals surface area contributed by atoms with Gasteiger partial charge in [0.05, 0.1) is 32.2 Å². The Morgan fingerprint density at radius 1 is 0.879 bits per heavy atom. The number of carbonyl (C=O) groups is 2. The molecule has 2 N–H and O–H groups in total. The second kappa shape index (κ2) is 9.65. The standard InChI is InChI=1S/C26H25NO6/c1-31-22-12-7-13-23(32-2)25(22)21(14-24(28)29)27-26(30)33-15-20-18-10-5-3-8-16(18)17-9-4-6-11-19(17)20/h3-13,20-21H,14-15H2,1-2H3,(H,27,30)(H,28,29). The van der Waals surface area contributed by atoms with Crippen LogP contribution >= 0.6 is 0 Å². The molecule has 0 fully saturated rings. The number of carbonyl (C=O) groups excluding carboxylic acids is 1. The van der Waals surface area contributed by atoms with E-state index >= 15 is 0 Å². The summed E-state index contributed by atoms with van der Waals surface area (Å²) in [7, 11) is 2.95. The Morgan fingerprint density at radius 2 is 1.42 bits per heavy atom. The summed E-state index contributed by atoms with van der Waals surface area (Å²) >= 11 is 0. The number of methoxy groups -OCH3 is 2. The lowest BCUT2D eigenvalue weighted by molar-refractivity contribution is -0.137. The van der Waals surface area contributed by atoms with Crippen molar-refractivity contribution in [2.75, 3.05) is 20.8 Å². The molecule has 1 atom stereocenters. The maximum atomic E-state index is 12.8. The van der Waals surface area contributed by atoms with Crippen LogP contribution in [-0.4, -0.2) is 38.0 Å². The molecule has 3 aromatic rings. The highest BCUT2D eigenvalue weighted by molar-refractivity contribution is 5.79. The number of benzene rings is 3. The lowest BCUT2D eigenvalue weighted by Gasteiger charge is -2.22. The van der Waals surface area contributed by atoms with Gasteiger partial charge in [0.2, 0.25) is 0 Å². The second-order valence-corrected chi connectivity index (χ2v) is 7.70. The van der Waals surface area contributed by atoms with Crippen LogP contribution in [0.15, 0.2) is 66.7 Å². The maximum Gasteiger partial charge on any atom is 0.407 e. The van der Waals surface area contributed by atoms with E-state index in [-0.39, 0.29) is 18.9 Å². The summed E-state index contributed by atoms with van der Waals surface area (Å²) in [5.41, 5.74) is 4.90. The lowest BCUT2D eigenvalue weighted by atomic mass is 9.98. The van der Waals surface area contributed by atoms with E-state index in [9.17, 15) is 14.7 Å². The van der Waals surface area contributed by atoms with Crippen LogP contribution in [0.4, 0.5) is 4.79 Å². The Balaban J connectivity index is 1.54. The molecule has 3 aromatic carbocycles. The molecule has 0 spiro atoms. The molecule has 0 bridgehead atoms. The summed E-state index contributed by atoms with van der Waals surface area (Å²) in [6, 6.07) is 20.3. The first kappa shape index (κ1) is 22.2. The number of aliphatic carboxylic acids is 1. The van der Waals surface area contributed by atoms with Crippen molar-refractivity contribution in [3.05, 3.63) is 83.4 Å². The van der Waals surface area contributed by atoms with Crippen molar-refractivity contribution in [2.45, 2.75) is 18.4 Å². The molecule has 7 heteroatoms. The van der Waals surface area contributed by atoms with E-state index in [1.165, 1.54) is 14.2 Å². The highest BCUT2D eigenvalue weighted by Gasteiger charge is 2.30.